The molecule has 2 aliphatic rings. The van der Waals surface area contributed by atoms with E-state index in [1.54, 1.807) is 0 Å². The van der Waals surface area contributed by atoms with Crippen LogP contribution >= 0.6 is 0 Å². The number of nitrogens with one attached hydrogen (secondary N) is 1. The van der Waals surface area contributed by atoms with E-state index in [4.69, 9.17) is 5.73 Å². The van der Waals surface area contributed by atoms with Gasteiger partial charge in [-0.15, -0.1) is 0 Å². The third-order valence-corrected chi connectivity index (χ3v) is 4.79. The third kappa shape index (κ3) is 2.82. The largest absolute Gasteiger partial charge is 0.351 e. The Hall–Kier alpha value is -0.570. The zero-order valence-electron chi connectivity index (χ0n) is 11.0. The quantitative estimate of drug-likeness (QED) is 0.789. The Morgan fingerprint density at radius 3 is 2.41 bits per heavy atom. The van der Waals surface area contributed by atoms with Crippen LogP contribution in [0.25, 0.3) is 0 Å². The minimum absolute atomic E-state index is 0.119. The van der Waals surface area contributed by atoms with Crippen LogP contribution in [0.5, 0.6) is 0 Å². The van der Waals surface area contributed by atoms with Gasteiger partial charge in [-0.3, -0.25) is 4.79 Å². The summed E-state index contributed by atoms with van der Waals surface area (Å²) < 4.78 is 0. The van der Waals surface area contributed by atoms with E-state index in [9.17, 15) is 4.79 Å². The second kappa shape index (κ2) is 5.38. The maximum atomic E-state index is 12.3. The molecule has 0 aliphatic heterocycles. The molecule has 0 saturated heterocycles. The van der Waals surface area contributed by atoms with E-state index < -0.39 is 0 Å². The minimum atomic E-state index is -0.119. The maximum absolute atomic E-state index is 12.3. The van der Waals surface area contributed by atoms with Crippen LogP contribution in [-0.2, 0) is 4.79 Å². The smallest absolute Gasteiger partial charge is 0.226 e. The monoisotopic (exact) mass is 238 g/mol. The van der Waals surface area contributed by atoms with E-state index in [0.29, 0.717) is 12.5 Å². The van der Waals surface area contributed by atoms with Crippen molar-refractivity contribution in [2.45, 2.75) is 64.3 Å². The molecule has 1 amide bonds. The van der Waals surface area contributed by atoms with Crippen LogP contribution < -0.4 is 11.1 Å². The Kier molecular flexibility index (Phi) is 4.08. The van der Waals surface area contributed by atoms with Gasteiger partial charge in [-0.1, -0.05) is 32.6 Å². The Labute approximate surface area is 105 Å². The molecule has 1 atom stereocenters. The standard InChI is InChI=1S/C14H26N2O/c1-14(8-4-5-9-14)13(17)16-12(10-15)11-6-2-3-7-11/h11-12H,2-10,15H2,1H3,(H,16,17). The predicted molar refractivity (Wildman–Crippen MR) is 69.5 cm³/mol. The third-order valence-electron chi connectivity index (χ3n) is 4.79. The highest BCUT2D eigenvalue weighted by molar-refractivity contribution is 5.82. The molecule has 0 bridgehead atoms. The average molecular weight is 238 g/mol. The lowest BCUT2D eigenvalue weighted by molar-refractivity contribution is -0.131. The molecule has 3 heteroatoms. The zero-order valence-corrected chi connectivity index (χ0v) is 11.0. The summed E-state index contributed by atoms with van der Waals surface area (Å²) in [5.74, 6) is 0.867. The van der Waals surface area contributed by atoms with E-state index in [1.165, 1.54) is 38.5 Å². The highest BCUT2D eigenvalue weighted by Gasteiger charge is 2.38. The first-order valence-corrected chi connectivity index (χ1v) is 7.17. The van der Waals surface area contributed by atoms with E-state index in [0.717, 1.165) is 12.8 Å². The summed E-state index contributed by atoms with van der Waals surface area (Å²) in [5.41, 5.74) is 5.71. The predicted octanol–water partition coefficient (Wildman–Crippen LogP) is 2.20. The molecule has 2 rings (SSSR count). The topological polar surface area (TPSA) is 55.1 Å². The lowest BCUT2D eigenvalue weighted by Gasteiger charge is -2.29. The molecule has 98 valence electrons. The number of rotatable bonds is 4. The normalized spacial score (nSPS) is 26.0. The fourth-order valence-electron chi connectivity index (χ4n) is 3.45. The van der Waals surface area contributed by atoms with Crippen molar-refractivity contribution in [1.29, 1.82) is 0 Å². The molecule has 3 N–H and O–H groups in total. The number of hydrogen-bond acceptors (Lipinski definition) is 2. The number of hydrogen-bond donors (Lipinski definition) is 2. The van der Waals surface area contributed by atoms with Crippen LogP contribution in [0.3, 0.4) is 0 Å². The number of amides is 1. The van der Waals surface area contributed by atoms with Gasteiger partial charge in [0.05, 0.1) is 0 Å². The summed E-state index contributed by atoms with van der Waals surface area (Å²) in [6, 6.07) is 0.211. The molecule has 0 heterocycles. The van der Waals surface area contributed by atoms with Gasteiger partial charge in [-0.05, 0) is 31.6 Å². The van der Waals surface area contributed by atoms with Crippen LogP contribution in [0.2, 0.25) is 0 Å². The molecule has 2 saturated carbocycles. The highest BCUT2D eigenvalue weighted by atomic mass is 16.2. The zero-order chi connectivity index (χ0) is 12.3. The molecule has 2 fully saturated rings. The van der Waals surface area contributed by atoms with Gasteiger partial charge in [0.1, 0.15) is 0 Å². The van der Waals surface area contributed by atoms with Crippen molar-refractivity contribution in [1.82, 2.24) is 5.32 Å². The first kappa shape index (κ1) is 12.9. The van der Waals surface area contributed by atoms with Crippen LogP contribution in [0.15, 0.2) is 0 Å². The average Bonchev–Trinajstić information content (AvgIpc) is 2.97. The first-order chi connectivity index (χ1) is 8.15. The molecule has 0 spiro atoms. The van der Waals surface area contributed by atoms with Crippen molar-refractivity contribution >= 4 is 5.91 Å². The van der Waals surface area contributed by atoms with E-state index >= 15 is 0 Å². The molecular weight excluding hydrogens is 212 g/mol. The SMILES string of the molecule is CC1(C(=O)NC(CN)C2CCCC2)CCCC1. The van der Waals surface area contributed by atoms with Crippen LogP contribution in [0.1, 0.15) is 58.3 Å². The molecule has 17 heavy (non-hydrogen) atoms. The first-order valence-electron chi connectivity index (χ1n) is 7.17. The van der Waals surface area contributed by atoms with Gasteiger partial charge < -0.3 is 11.1 Å². The molecule has 2 aliphatic carbocycles. The van der Waals surface area contributed by atoms with Crippen molar-refractivity contribution in [3.8, 4) is 0 Å². The van der Waals surface area contributed by atoms with Crippen molar-refractivity contribution in [3.05, 3.63) is 0 Å². The Morgan fingerprint density at radius 2 is 1.88 bits per heavy atom. The van der Waals surface area contributed by atoms with Crippen LogP contribution in [0, 0.1) is 11.3 Å². The second-order valence-electron chi connectivity index (χ2n) is 6.13. The van der Waals surface area contributed by atoms with Gasteiger partial charge in [0.15, 0.2) is 0 Å². The van der Waals surface area contributed by atoms with E-state index in [1.807, 2.05) is 0 Å². The molecule has 0 aromatic rings. The molecular formula is C14H26N2O. The number of carbonyl (C=O) groups excluding carboxylic acids is 1. The Balaban J connectivity index is 1.91. The molecule has 1 unspecified atom stereocenters. The van der Waals surface area contributed by atoms with E-state index in [2.05, 4.69) is 12.2 Å². The van der Waals surface area contributed by atoms with Gasteiger partial charge in [0.25, 0.3) is 0 Å². The van der Waals surface area contributed by atoms with Crippen LogP contribution in [-0.4, -0.2) is 18.5 Å². The van der Waals surface area contributed by atoms with Gasteiger partial charge >= 0.3 is 0 Å². The summed E-state index contributed by atoms with van der Waals surface area (Å²) in [4.78, 5) is 12.3. The fourth-order valence-corrected chi connectivity index (χ4v) is 3.45. The summed E-state index contributed by atoms with van der Waals surface area (Å²) in [7, 11) is 0. The lowest BCUT2D eigenvalue weighted by atomic mass is 9.86. The van der Waals surface area contributed by atoms with Crippen molar-refractivity contribution in [2.24, 2.45) is 17.1 Å². The second-order valence-corrected chi connectivity index (χ2v) is 6.13. The van der Waals surface area contributed by atoms with E-state index in [-0.39, 0.29) is 17.4 Å². The minimum Gasteiger partial charge on any atom is -0.351 e. The van der Waals surface area contributed by atoms with Crippen LogP contribution in [0.4, 0.5) is 0 Å². The summed E-state index contributed by atoms with van der Waals surface area (Å²) >= 11 is 0. The summed E-state index contributed by atoms with van der Waals surface area (Å²) in [6.45, 7) is 2.70. The fraction of sp³-hybridized carbons (Fsp3) is 0.929. The Bertz CT molecular complexity index is 265. The van der Waals surface area contributed by atoms with Gasteiger partial charge in [-0.25, -0.2) is 0 Å². The summed E-state index contributed by atoms with van der Waals surface area (Å²) in [6.07, 6.45) is 9.54. The lowest BCUT2D eigenvalue weighted by Crippen LogP contribution is -2.49. The highest BCUT2D eigenvalue weighted by Crippen LogP contribution is 2.38. The molecule has 3 nitrogen and oxygen atoms in total. The molecule has 0 aromatic carbocycles. The van der Waals surface area contributed by atoms with Crippen molar-refractivity contribution in [2.75, 3.05) is 6.54 Å². The van der Waals surface area contributed by atoms with Gasteiger partial charge in [0, 0.05) is 18.0 Å². The van der Waals surface area contributed by atoms with Gasteiger partial charge in [0.2, 0.25) is 5.91 Å². The summed E-state index contributed by atoms with van der Waals surface area (Å²) in [5, 5.41) is 3.23. The van der Waals surface area contributed by atoms with Crippen molar-refractivity contribution in [3.63, 3.8) is 0 Å². The molecule has 0 radical (unpaired) electrons. The maximum Gasteiger partial charge on any atom is 0.226 e. The molecule has 0 aromatic heterocycles. The number of nitrogens with two attached hydrogens (primary N) is 1. The van der Waals surface area contributed by atoms with Crippen molar-refractivity contribution < 1.29 is 4.79 Å². The number of carbonyl (C=O) groups is 1. The van der Waals surface area contributed by atoms with Gasteiger partial charge in [-0.2, -0.15) is 0 Å². The Morgan fingerprint density at radius 1 is 1.29 bits per heavy atom.